The first kappa shape index (κ1) is 14.7. The predicted octanol–water partition coefficient (Wildman–Crippen LogP) is 2.67. The van der Waals surface area contributed by atoms with E-state index in [1.807, 2.05) is 31.2 Å². The molecular formula is C14H13NO3S2. The number of thioether (sulfide) groups is 1. The molecule has 1 aromatic carbocycles. The molecule has 0 unspecified atom stereocenters. The molecule has 1 atom stereocenters. The Morgan fingerprint density at radius 2 is 2.00 bits per heavy atom. The molecule has 4 nitrogen and oxygen atoms in total. The zero-order valence-electron chi connectivity index (χ0n) is 11.0. The standard InChI is InChI=1S/C14H13NO3S2/c1-8-3-5-10(6-4-8)7-11-12(16)15(14(19)20-11)9(2)13(17)18/h3-7,9H,1-2H3,(H,17,18)/b11-7-/t9-/m1/s1. The average molecular weight is 307 g/mol. The Bertz CT molecular complexity index is 607. The molecule has 1 amide bonds. The Morgan fingerprint density at radius 3 is 2.55 bits per heavy atom. The number of nitrogens with zero attached hydrogens (tertiary/aromatic N) is 1. The molecule has 104 valence electrons. The largest absolute Gasteiger partial charge is 0.480 e. The number of carbonyl (C=O) groups excluding carboxylic acids is 1. The lowest BCUT2D eigenvalue weighted by Gasteiger charge is -2.18. The number of hydrogen-bond acceptors (Lipinski definition) is 4. The average Bonchev–Trinajstić information content (AvgIpc) is 2.66. The van der Waals surface area contributed by atoms with Crippen LogP contribution in [-0.4, -0.2) is 32.2 Å². The fourth-order valence-electron chi connectivity index (χ4n) is 1.74. The quantitative estimate of drug-likeness (QED) is 0.687. The van der Waals surface area contributed by atoms with Crippen LogP contribution < -0.4 is 0 Å². The van der Waals surface area contributed by atoms with E-state index in [0.29, 0.717) is 4.91 Å². The predicted molar refractivity (Wildman–Crippen MR) is 83.3 cm³/mol. The van der Waals surface area contributed by atoms with Crippen molar-refractivity contribution in [3.63, 3.8) is 0 Å². The van der Waals surface area contributed by atoms with Gasteiger partial charge in [0.1, 0.15) is 10.4 Å². The van der Waals surface area contributed by atoms with Crippen LogP contribution in [0.15, 0.2) is 29.2 Å². The highest BCUT2D eigenvalue weighted by Crippen LogP contribution is 2.33. The molecule has 1 saturated heterocycles. The summed E-state index contributed by atoms with van der Waals surface area (Å²) in [6, 6.07) is 6.76. The molecule has 2 rings (SSSR count). The molecule has 0 spiro atoms. The van der Waals surface area contributed by atoms with Crippen molar-refractivity contribution in [2.45, 2.75) is 19.9 Å². The van der Waals surface area contributed by atoms with Crippen molar-refractivity contribution < 1.29 is 14.7 Å². The highest BCUT2D eigenvalue weighted by atomic mass is 32.2. The van der Waals surface area contributed by atoms with Gasteiger partial charge in [-0.2, -0.15) is 0 Å². The van der Waals surface area contributed by atoms with E-state index < -0.39 is 12.0 Å². The second-order valence-electron chi connectivity index (χ2n) is 4.48. The van der Waals surface area contributed by atoms with Gasteiger partial charge in [-0.05, 0) is 25.5 Å². The normalized spacial score (nSPS) is 18.7. The van der Waals surface area contributed by atoms with E-state index >= 15 is 0 Å². The van der Waals surface area contributed by atoms with Crippen LogP contribution >= 0.6 is 24.0 Å². The van der Waals surface area contributed by atoms with Gasteiger partial charge in [-0.15, -0.1) is 0 Å². The van der Waals surface area contributed by atoms with E-state index in [9.17, 15) is 9.59 Å². The molecule has 1 aliphatic heterocycles. The number of aryl methyl sites for hydroxylation is 1. The Hall–Kier alpha value is -1.66. The fraction of sp³-hybridized carbons (Fsp3) is 0.214. The molecule has 0 aromatic heterocycles. The number of carboxylic acids is 1. The maximum atomic E-state index is 12.2. The molecular weight excluding hydrogens is 294 g/mol. The zero-order valence-corrected chi connectivity index (χ0v) is 12.6. The third kappa shape index (κ3) is 2.91. The van der Waals surface area contributed by atoms with Gasteiger partial charge in [-0.3, -0.25) is 9.69 Å². The van der Waals surface area contributed by atoms with Gasteiger partial charge < -0.3 is 5.11 Å². The minimum Gasteiger partial charge on any atom is -0.480 e. The number of benzene rings is 1. The summed E-state index contributed by atoms with van der Waals surface area (Å²) in [5.74, 6) is -1.42. The highest BCUT2D eigenvalue weighted by Gasteiger charge is 2.38. The summed E-state index contributed by atoms with van der Waals surface area (Å²) >= 11 is 6.22. The topological polar surface area (TPSA) is 57.6 Å². The molecule has 0 radical (unpaired) electrons. The second-order valence-corrected chi connectivity index (χ2v) is 6.15. The van der Waals surface area contributed by atoms with Crippen LogP contribution in [0.4, 0.5) is 0 Å². The minimum atomic E-state index is -1.07. The van der Waals surface area contributed by atoms with Crippen molar-refractivity contribution in [1.82, 2.24) is 4.90 Å². The lowest BCUT2D eigenvalue weighted by Crippen LogP contribution is -2.41. The van der Waals surface area contributed by atoms with Gasteiger partial charge in [-0.1, -0.05) is 53.8 Å². The first-order valence-electron chi connectivity index (χ1n) is 5.96. The van der Waals surface area contributed by atoms with Gasteiger partial charge >= 0.3 is 5.97 Å². The Morgan fingerprint density at radius 1 is 1.40 bits per heavy atom. The maximum absolute atomic E-state index is 12.2. The van der Waals surface area contributed by atoms with Gasteiger partial charge in [0, 0.05) is 0 Å². The molecule has 1 aromatic rings. The van der Waals surface area contributed by atoms with Crippen LogP contribution in [-0.2, 0) is 9.59 Å². The number of rotatable bonds is 3. The van der Waals surface area contributed by atoms with Crippen LogP contribution in [0.25, 0.3) is 6.08 Å². The third-order valence-electron chi connectivity index (χ3n) is 2.94. The van der Waals surface area contributed by atoms with Crippen LogP contribution in [0.2, 0.25) is 0 Å². The summed E-state index contributed by atoms with van der Waals surface area (Å²) in [6.07, 6.45) is 1.73. The van der Waals surface area contributed by atoms with Crippen molar-refractivity contribution in [1.29, 1.82) is 0 Å². The molecule has 1 fully saturated rings. The highest BCUT2D eigenvalue weighted by molar-refractivity contribution is 8.26. The molecule has 1 N–H and O–H groups in total. The summed E-state index contributed by atoms with van der Waals surface area (Å²) < 4.78 is 0.281. The van der Waals surface area contributed by atoms with E-state index in [-0.39, 0.29) is 10.2 Å². The van der Waals surface area contributed by atoms with Gasteiger partial charge in [-0.25, -0.2) is 4.79 Å². The number of hydrogen-bond donors (Lipinski definition) is 1. The van der Waals surface area contributed by atoms with Gasteiger partial charge in [0.25, 0.3) is 5.91 Å². The molecule has 0 aliphatic carbocycles. The van der Waals surface area contributed by atoms with Gasteiger partial charge in [0.15, 0.2) is 0 Å². The second kappa shape index (κ2) is 5.76. The van der Waals surface area contributed by atoms with Gasteiger partial charge in [0.2, 0.25) is 0 Å². The fourth-order valence-corrected chi connectivity index (χ4v) is 3.16. The summed E-state index contributed by atoms with van der Waals surface area (Å²) in [4.78, 5) is 24.8. The molecule has 1 heterocycles. The molecule has 20 heavy (non-hydrogen) atoms. The number of amides is 1. The van der Waals surface area contributed by atoms with E-state index in [4.69, 9.17) is 17.3 Å². The van der Waals surface area contributed by atoms with Crippen molar-refractivity contribution in [2.24, 2.45) is 0 Å². The van der Waals surface area contributed by atoms with E-state index in [0.717, 1.165) is 27.8 Å². The number of thiocarbonyl (C=S) groups is 1. The first-order chi connectivity index (χ1) is 9.40. The molecule has 1 aliphatic rings. The summed E-state index contributed by atoms with van der Waals surface area (Å²) in [5, 5.41) is 9.00. The first-order valence-corrected chi connectivity index (χ1v) is 7.19. The SMILES string of the molecule is Cc1ccc(/C=C2\SC(=S)N([C@H](C)C(=O)O)C2=O)cc1. The smallest absolute Gasteiger partial charge is 0.326 e. The molecule has 6 heteroatoms. The number of aliphatic carboxylic acids is 1. The molecule has 0 saturated carbocycles. The Kier molecular flexibility index (Phi) is 4.25. The monoisotopic (exact) mass is 307 g/mol. The van der Waals surface area contributed by atoms with E-state index in [2.05, 4.69) is 0 Å². The van der Waals surface area contributed by atoms with Gasteiger partial charge in [0.05, 0.1) is 4.91 Å². The maximum Gasteiger partial charge on any atom is 0.326 e. The van der Waals surface area contributed by atoms with Crippen LogP contribution in [0.5, 0.6) is 0 Å². The van der Waals surface area contributed by atoms with Crippen molar-refractivity contribution in [3.8, 4) is 0 Å². The summed E-state index contributed by atoms with van der Waals surface area (Å²) in [7, 11) is 0. The van der Waals surface area contributed by atoms with E-state index in [1.165, 1.54) is 6.92 Å². The number of carboxylic acid groups (broad SMARTS) is 1. The Balaban J connectivity index is 2.28. The van der Waals surface area contributed by atoms with Crippen LogP contribution in [0, 0.1) is 6.92 Å². The molecule has 0 bridgehead atoms. The van der Waals surface area contributed by atoms with E-state index in [1.54, 1.807) is 6.08 Å². The van der Waals surface area contributed by atoms with Crippen molar-refractivity contribution >= 4 is 46.3 Å². The lowest BCUT2D eigenvalue weighted by molar-refractivity contribution is -0.144. The number of carbonyl (C=O) groups is 2. The zero-order chi connectivity index (χ0) is 14.9. The van der Waals surface area contributed by atoms with Crippen LogP contribution in [0.1, 0.15) is 18.1 Å². The van der Waals surface area contributed by atoms with Crippen molar-refractivity contribution in [2.75, 3.05) is 0 Å². The third-order valence-corrected chi connectivity index (χ3v) is 4.27. The Labute approximate surface area is 126 Å². The summed E-state index contributed by atoms with van der Waals surface area (Å²) in [5.41, 5.74) is 2.02. The summed E-state index contributed by atoms with van der Waals surface area (Å²) in [6.45, 7) is 3.43. The van der Waals surface area contributed by atoms with Crippen molar-refractivity contribution in [3.05, 3.63) is 40.3 Å². The lowest BCUT2D eigenvalue weighted by atomic mass is 10.1. The van der Waals surface area contributed by atoms with Crippen LogP contribution in [0.3, 0.4) is 0 Å². The minimum absolute atomic E-state index is 0.281.